The number of nitrogens with one attached hydrogen (secondary N) is 1. The van der Waals surface area contributed by atoms with Crippen LogP contribution in [0.1, 0.15) is 30.9 Å². The quantitative estimate of drug-likeness (QED) is 0.486. The minimum absolute atomic E-state index is 0.0960. The minimum Gasteiger partial charge on any atom is -0.496 e. The van der Waals surface area contributed by atoms with Crippen LogP contribution in [0.4, 0.5) is 0 Å². The van der Waals surface area contributed by atoms with Gasteiger partial charge >= 0.3 is 0 Å². The molecule has 0 bridgehead atoms. The number of aryl methyl sites for hydroxylation is 1. The van der Waals surface area contributed by atoms with Crippen molar-refractivity contribution in [1.82, 2.24) is 5.43 Å². The molecule has 0 atom stereocenters. The summed E-state index contributed by atoms with van der Waals surface area (Å²) in [5, 5.41) is 3.95. The van der Waals surface area contributed by atoms with Crippen molar-refractivity contribution < 1.29 is 14.3 Å². The van der Waals surface area contributed by atoms with Gasteiger partial charge in [-0.05, 0) is 48.7 Å². The fraction of sp³-hybridized carbons (Fsp3) is 0.300. The van der Waals surface area contributed by atoms with Gasteiger partial charge in [0.05, 0.1) is 13.3 Å². The lowest BCUT2D eigenvalue weighted by molar-refractivity contribution is -0.123. The predicted octanol–water partition coefficient (Wildman–Crippen LogP) is 4.33. The number of rotatable bonds is 9. The first-order chi connectivity index (χ1) is 12.6. The summed E-state index contributed by atoms with van der Waals surface area (Å²) in [5.74, 6) is 1.01. The molecule has 0 aromatic heterocycles. The van der Waals surface area contributed by atoms with Crippen LogP contribution in [0.5, 0.6) is 11.5 Å². The Bertz CT molecular complexity index is 745. The van der Waals surface area contributed by atoms with Crippen LogP contribution in [0, 0.1) is 0 Å². The molecule has 2 aromatic rings. The summed E-state index contributed by atoms with van der Waals surface area (Å²) in [6.07, 6.45) is 4.93. The van der Waals surface area contributed by atoms with E-state index in [0.29, 0.717) is 11.5 Å². The van der Waals surface area contributed by atoms with Crippen LogP contribution < -0.4 is 14.9 Å². The molecule has 0 saturated carbocycles. The summed E-state index contributed by atoms with van der Waals surface area (Å²) < 4.78 is 11.6. The van der Waals surface area contributed by atoms with Gasteiger partial charge in [-0.3, -0.25) is 4.79 Å². The largest absolute Gasteiger partial charge is 0.496 e. The Hall–Kier alpha value is -2.34. The van der Waals surface area contributed by atoms with E-state index in [1.807, 2.05) is 42.5 Å². The maximum Gasteiger partial charge on any atom is 0.277 e. The van der Waals surface area contributed by atoms with Gasteiger partial charge in [0.15, 0.2) is 6.61 Å². The van der Waals surface area contributed by atoms with Crippen LogP contribution in [0.3, 0.4) is 0 Å². The zero-order valence-electron chi connectivity index (χ0n) is 15.0. The lowest BCUT2D eigenvalue weighted by atomic mass is 10.1. The van der Waals surface area contributed by atoms with Crippen molar-refractivity contribution in [3.8, 4) is 11.5 Å². The number of nitrogens with zero attached hydrogens (tertiary/aromatic N) is 1. The van der Waals surface area contributed by atoms with Gasteiger partial charge in [0.2, 0.25) is 0 Å². The number of carbonyl (C=O) groups excluding carboxylic acids is 1. The third kappa shape index (κ3) is 6.52. The van der Waals surface area contributed by atoms with E-state index in [1.165, 1.54) is 24.6 Å². The van der Waals surface area contributed by atoms with E-state index >= 15 is 0 Å². The minimum atomic E-state index is -0.328. The summed E-state index contributed by atoms with van der Waals surface area (Å²) in [4.78, 5) is 11.8. The summed E-state index contributed by atoms with van der Waals surface area (Å²) >= 11 is 3.39. The Balaban J connectivity index is 1.81. The molecule has 1 N–H and O–H groups in total. The molecule has 2 rings (SSSR count). The zero-order chi connectivity index (χ0) is 18.8. The molecule has 5 nitrogen and oxygen atoms in total. The van der Waals surface area contributed by atoms with E-state index in [0.717, 1.165) is 16.5 Å². The second-order valence-electron chi connectivity index (χ2n) is 5.72. The number of methoxy groups -OCH3 is 1. The molecule has 1 amide bonds. The number of hydrogen-bond donors (Lipinski definition) is 1. The Kier molecular flexibility index (Phi) is 8.15. The second-order valence-corrected chi connectivity index (χ2v) is 6.63. The molecule has 0 saturated heterocycles. The standard InChI is InChI=1S/C20H23BrN2O3/c1-3-4-5-15-6-9-18(10-7-15)26-14-20(24)23-22-13-16-12-17(21)8-11-19(16)25-2/h6-13H,3-5,14H2,1-2H3,(H,23,24)/b22-13-. The first kappa shape index (κ1) is 20.0. The molecule has 0 radical (unpaired) electrons. The highest BCUT2D eigenvalue weighted by Gasteiger charge is 2.03. The van der Waals surface area contributed by atoms with E-state index in [9.17, 15) is 4.79 Å². The summed E-state index contributed by atoms with van der Waals surface area (Å²) in [7, 11) is 1.58. The average molecular weight is 419 g/mol. The summed E-state index contributed by atoms with van der Waals surface area (Å²) in [6.45, 7) is 2.08. The topological polar surface area (TPSA) is 59.9 Å². The van der Waals surface area contributed by atoms with E-state index in [1.54, 1.807) is 7.11 Å². The molecule has 0 aliphatic rings. The number of unbranched alkanes of at least 4 members (excludes halogenated alkanes) is 1. The predicted molar refractivity (Wildman–Crippen MR) is 107 cm³/mol. The zero-order valence-corrected chi connectivity index (χ0v) is 16.6. The Morgan fingerprint density at radius 1 is 1.23 bits per heavy atom. The molecule has 2 aromatic carbocycles. The van der Waals surface area contributed by atoms with Crippen LogP contribution in [-0.2, 0) is 11.2 Å². The lowest BCUT2D eigenvalue weighted by Gasteiger charge is -2.07. The van der Waals surface area contributed by atoms with Gasteiger partial charge in [-0.1, -0.05) is 41.4 Å². The van der Waals surface area contributed by atoms with Crippen molar-refractivity contribution >= 4 is 28.1 Å². The fourth-order valence-corrected chi connectivity index (χ4v) is 2.67. The van der Waals surface area contributed by atoms with Crippen molar-refractivity contribution in [3.05, 3.63) is 58.1 Å². The summed E-state index contributed by atoms with van der Waals surface area (Å²) in [5.41, 5.74) is 4.48. The van der Waals surface area contributed by atoms with E-state index in [2.05, 4.69) is 33.4 Å². The monoisotopic (exact) mass is 418 g/mol. The van der Waals surface area contributed by atoms with Gasteiger partial charge < -0.3 is 9.47 Å². The van der Waals surface area contributed by atoms with Crippen molar-refractivity contribution in [1.29, 1.82) is 0 Å². The van der Waals surface area contributed by atoms with Gasteiger partial charge in [-0.15, -0.1) is 0 Å². The van der Waals surface area contributed by atoms with Crippen LogP contribution >= 0.6 is 15.9 Å². The van der Waals surface area contributed by atoms with Gasteiger partial charge in [0.25, 0.3) is 5.91 Å². The maximum absolute atomic E-state index is 11.8. The second kappa shape index (κ2) is 10.6. The smallest absolute Gasteiger partial charge is 0.277 e. The molecule has 0 unspecified atom stereocenters. The highest BCUT2D eigenvalue weighted by Crippen LogP contribution is 2.21. The SMILES string of the molecule is CCCCc1ccc(OCC(=O)N/N=C\c2cc(Br)ccc2OC)cc1. The fourth-order valence-electron chi connectivity index (χ4n) is 2.29. The van der Waals surface area contributed by atoms with Crippen molar-refractivity contribution in [3.63, 3.8) is 0 Å². The Morgan fingerprint density at radius 2 is 2.00 bits per heavy atom. The molecule has 0 aliphatic carbocycles. The number of ether oxygens (including phenoxy) is 2. The molecule has 0 fully saturated rings. The van der Waals surface area contributed by atoms with Crippen LogP contribution in [0.25, 0.3) is 0 Å². The van der Waals surface area contributed by atoms with Gasteiger partial charge in [-0.25, -0.2) is 5.43 Å². The third-order valence-electron chi connectivity index (χ3n) is 3.70. The number of hydrazone groups is 1. The van der Waals surface area contributed by atoms with Crippen LogP contribution in [0.2, 0.25) is 0 Å². The molecule has 26 heavy (non-hydrogen) atoms. The van der Waals surface area contributed by atoms with Crippen molar-refractivity contribution in [2.75, 3.05) is 13.7 Å². The molecular weight excluding hydrogens is 396 g/mol. The highest BCUT2D eigenvalue weighted by atomic mass is 79.9. The van der Waals surface area contributed by atoms with E-state index in [4.69, 9.17) is 9.47 Å². The maximum atomic E-state index is 11.8. The lowest BCUT2D eigenvalue weighted by Crippen LogP contribution is -2.24. The van der Waals surface area contributed by atoms with Gasteiger partial charge in [0.1, 0.15) is 11.5 Å². The number of benzene rings is 2. The molecule has 0 aliphatic heterocycles. The molecular formula is C20H23BrN2O3. The highest BCUT2D eigenvalue weighted by molar-refractivity contribution is 9.10. The Morgan fingerprint density at radius 3 is 2.69 bits per heavy atom. The number of hydrogen-bond acceptors (Lipinski definition) is 4. The van der Waals surface area contributed by atoms with E-state index < -0.39 is 0 Å². The average Bonchev–Trinajstić information content (AvgIpc) is 2.66. The molecule has 0 heterocycles. The third-order valence-corrected chi connectivity index (χ3v) is 4.19. The van der Waals surface area contributed by atoms with Crippen molar-refractivity contribution in [2.45, 2.75) is 26.2 Å². The van der Waals surface area contributed by atoms with Crippen LogP contribution in [0.15, 0.2) is 52.0 Å². The van der Waals surface area contributed by atoms with Crippen LogP contribution in [-0.4, -0.2) is 25.8 Å². The van der Waals surface area contributed by atoms with Crippen molar-refractivity contribution in [2.24, 2.45) is 5.10 Å². The number of halogens is 1. The molecule has 6 heteroatoms. The number of carbonyl (C=O) groups is 1. The molecule has 0 spiro atoms. The first-order valence-corrected chi connectivity index (χ1v) is 9.29. The normalized spacial score (nSPS) is 10.7. The van der Waals surface area contributed by atoms with E-state index in [-0.39, 0.29) is 12.5 Å². The van der Waals surface area contributed by atoms with Gasteiger partial charge in [0, 0.05) is 10.0 Å². The molecule has 138 valence electrons. The van der Waals surface area contributed by atoms with Gasteiger partial charge in [-0.2, -0.15) is 5.10 Å². The summed E-state index contributed by atoms with van der Waals surface area (Å²) in [6, 6.07) is 13.4. The first-order valence-electron chi connectivity index (χ1n) is 8.49. The Labute approximate surface area is 162 Å². The number of amides is 1.